The SMILES string of the molecule is C[C@H](OC(=O)Cc1coc2ccc3ccccc3c12)C(=O)NCCc1ccccc1. The van der Waals surface area contributed by atoms with Gasteiger partial charge in [-0.1, -0.05) is 60.7 Å². The molecule has 1 atom stereocenters. The fraction of sp³-hybridized carbons (Fsp3) is 0.200. The van der Waals surface area contributed by atoms with E-state index in [1.54, 1.807) is 13.2 Å². The monoisotopic (exact) mass is 401 g/mol. The number of carbonyl (C=O) groups is 2. The minimum absolute atomic E-state index is 0.0443. The third-order valence-electron chi connectivity index (χ3n) is 5.11. The number of hydrogen-bond donors (Lipinski definition) is 1. The van der Waals surface area contributed by atoms with Crippen LogP contribution in [0.4, 0.5) is 0 Å². The Bertz CT molecular complexity index is 1180. The summed E-state index contributed by atoms with van der Waals surface area (Å²) in [5, 5.41) is 5.82. The summed E-state index contributed by atoms with van der Waals surface area (Å²) in [6, 6.07) is 21.7. The maximum Gasteiger partial charge on any atom is 0.311 e. The second kappa shape index (κ2) is 8.82. The number of rotatable bonds is 7. The van der Waals surface area contributed by atoms with Crippen molar-refractivity contribution in [1.29, 1.82) is 0 Å². The molecule has 0 saturated carbocycles. The van der Waals surface area contributed by atoms with Crippen molar-refractivity contribution in [3.8, 4) is 0 Å². The Morgan fingerprint density at radius 1 is 1.00 bits per heavy atom. The summed E-state index contributed by atoms with van der Waals surface area (Å²) in [6.45, 7) is 2.07. The average Bonchev–Trinajstić information content (AvgIpc) is 3.17. The number of furan rings is 1. The van der Waals surface area contributed by atoms with Crippen LogP contribution in [-0.2, 0) is 27.2 Å². The summed E-state index contributed by atoms with van der Waals surface area (Å²) in [6.07, 6.45) is 1.50. The number of fused-ring (bicyclic) bond motifs is 3. The zero-order valence-corrected chi connectivity index (χ0v) is 16.8. The number of amides is 1. The molecule has 152 valence electrons. The predicted octanol–water partition coefficient (Wildman–Crippen LogP) is 4.42. The Morgan fingerprint density at radius 2 is 1.77 bits per heavy atom. The van der Waals surface area contributed by atoms with Crippen molar-refractivity contribution < 1.29 is 18.7 Å². The first-order valence-corrected chi connectivity index (χ1v) is 10.0. The average molecular weight is 401 g/mol. The van der Waals surface area contributed by atoms with Crippen molar-refractivity contribution in [2.45, 2.75) is 25.9 Å². The van der Waals surface area contributed by atoms with E-state index in [4.69, 9.17) is 9.15 Å². The van der Waals surface area contributed by atoms with Gasteiger partial charge in [-0.15, -0.1) is 0 Å². The molecule has 0 spiro atoms. The zero-order chi connectivity index (χ0) is 20.9. The van der Waals surface area contributed by atoms with Gasteiger partial charge in [0.1, 0.15) is 5.58 Å². The summed E-state index contributed by atoms with van der Waals surface area (Å²) in [4.78, 5) is 24.7. The summed E-state index contributed by atoms with van der Waals surface area (Å²) < 4.78 is 11.0. The van der Waals surface area contributed by atoms with Crippen LogP contribution in [0, 0.1) is 0 Å². The second-order valence-corrected chi connectivity index (χ2v) is 7.26. The van der Waals surface area contributed by atoms with Gasteiger partial charge in [-0.25, -0.2) is 0 Å². The van der Waals surface area contributed by atoms with Crippen molar-refractivity contribution in [2.24, 2.45) is 0 Å². The third-order valence-corrected chi connectivity index (χ3v) is 5.11. The molecule has 1 amide bonds. The summed E-state index contributed by atoms with van der Waals surface area (Å²) in [5.74, 6) is -0.766. The Hall–Kier alpha value is -3.60. The van der Waals surface area contributed by atoms with Crippen LogP contribution in [0.25, 0.3) is 21.7 Å². The van der Waals surface area contributed by atoms with E-state index in [9.17, 15) is 9.59 Å². The standard InChI is InChI=1S/C25H23NO4/c1-17(25(28)26-14-13-18-7-3-2-4-8-18)30-23(27)15-20-16-29-22-12-11-19-9-5-6-10-21(19)24(20)22/h2-12,16-17H,13-15H2,1H3,(H,26,28)/t17-/m0/s1. The van der Waals surface area contributed by atoms with Gasteiger partial charge >= 0.3 is 5.97 Å². The van der Waals surface area contributed by atoms with Crippen LogP contribution in [0.1, 0.15) is 18.1 Å². The first-order valence-electron chi connectivity index (χ1n) is 10.0. The fourth-order valence-corrected chi connectivity index (χ4v) is 3.57. The molecule has 4 rings (SSSR count). The second-order valence-electron chi connectivity index (χ2n) is 7.26. The zero-order valence-electron chi connectivity index (χ0n) is 16.8. The van der Waals surface area contributed by atoms with Gasteiger partial charge in [-0.05, 0) is 35.7 Å². The number of esters is 1. The number of hydrogen-bond acceptors (Lipinski definition) is 4. The van der Waals surface area contributed by atoms with E-state index < -0.39 is 12.1 Å². The minimum atomic E-state index is -0.858. The van der Waals surface area contributed by atoms with Gasteiger partial charge in [0, 0.05) is 17.5 Å². The largest absolute Gasteiger partial charge is 0.464 e. The Balaban J connectivity index is 1.36. The maximum atomic E-state index is 12.5. The Labute approximate surface area is 174 Å². The highest BCUT2D eigenvalue weighted by molar-refractivity contribution is 6.08. The van der Waals surface area contributed by atoms with Crippen molar-refractivity contribution in [3.63, 3.8) is 0 Å². The van der Waals surface area contributed by atoms with Crippen LogP contribution >= 0.6 is 0 Å². The number of benzene rings is 3. The summed E-state index contributed by atoms with van der Waals surface area (Å²) in [5.41, 5.74) is 2.62. The smallest absolute Gasteiger partial charge is 0.311 e. The lowest BCUT2D eigenvalue weighted by Crippen LogP contribution is -2.37. The van der Waals surface area contributed by atoms with Gasteiger partial charge in [0.25, 0.3) is 5.91 Å². The van der Waals surface area contributed by atoms with E-state index >= 15 is 0 Å². The molecule has 0 bridgehead atoms. The molecule has 30 heavy (non-hydrogen) atoms. The van der Waals surface area contributed by atoms with Crippen LogP contribution in [-0.4, -0.2) is 24.5 Å². The summed E-state index contributed by atoms with van der Waals surface area (Å²) in [7, 11) is 0. The van der Waals surface area contributed by atoms with Crippen LogP contribution in [0.15, 0.2) is 77.4 Å². The van der Waals surface area contributed by atoms with E-state index in [2.05, 4.69) is 5.32 Å². The van der Waals surface area contributed by atoms with E-state index in [-0.39, 0.29) is 12.3 Å². The summed E-state index contributed by atoms with van der Waals surface area (Å²) >= 11 is 0. The molecule has 1 aromatic heterocycles. The molecule has 0 saturated heterocycles. The number of carbonyl (C=O) groups excluding carboxylic acids is 2. The highest BCUT2D eigenvalue weighted by Crippen LogP contribution is 2.30. The van der Waals surface area contributed by atoms with Gasteiger partial charge in [0.2, 0.25) is 0 Å². The highest BCUT2D eigenvalue weighted by atomic mass is 16.5. The first kappa shape index (κ1) is 19.7. The first-order chi connectivity index (χ1) is 14.6. The third kappa shape index (κ3) is 4.35. The van der Waals surface area contributed by atoms with Gasteiger partial charge in [-0.3, -0.25) is 9.59 Å². The minimum Gasteiger partial charge on any atom is -0.464 e. The van der Waals surface area contributed by atoms with Crippen LogP contribution in [0.5, 0.6) is 0 Å². The molecular formula is C25H23NO4. The molecule has 1 heterocycles. The molecule has 0 aliphatic heterocycles. The number of ether oxygens (including phenoxy) is 1. The lowest BCUT2D eigenvalue weighted by Gasteiger charge is -2.13. The number of nitrogens with one attached hydrogen (secondary N) is 1. The Kier molecular flexibility index (Phi) is 5.80. The molecule has 1 N–H and O–H groups in total. The normalized spacial score (nSPS) is 12.0. The topological polar surface area (TPSA) is 68.5 Å². The van der Waals surface area contributed by atoms with Crippen molar-refractivity contribution >= 4 is 33.6 Å². The predicted molar refractivity (Wildman–Crippen MR) is 116 cm³/mol. The van der Waals surface area contributed by atoms with Gasteiger partial charge < -0.3 is 14.5 Å². The quantitative estimate of drug-likeness (QED) is 0.466. The van der Waals surface area contributed by atoms with E-state index in [0.29, 0.717) is 6.54 Å². The molecule has 0 aliphatic rings. The highest BCUT2D eigenvalue weighted by Gasteiger charge is 2.19. The van der Waals surface area contributed by atoms with Crippen LogP contribution in [0.3, 0.4) is 0 Å². The van der Waals surface area contributed by atoms with E-state index in [1.165, 1.54) is 0 Å². The van der Waals surface area contributed by atoms with Gasteiger partial charge in [0.15, 0.2) is 6.10 Å². The molecule has 0 radical (unpaired) electrons. The van der Waals surface area contributed by atoms with Crippen LogP contribution < -0.4 is 5.32 Å². The molecule has 0 aliphatic carbocycles. The molecule has 0 unspecified atom stereocenters. The maximum absolute atomic E-state index is 12.5. The van der Waals surface area contributed by atoms with Crippen LogP contribution in [0.2, 0.25) is 0 Å². The molecule has 5 nitrogen and oxygen atoms in total. The van der Waals surface area contributed by atoms with Crippen molar-refractivity contribution in [2.75, 3.05) is 6.54 Å². The molecule has 0 fully saturated rings. The molecular weight excluding hydrogens is 378 g/mol. The Morgan fingerprint density at radius 3 is 2.60 bits per heavy atom. The van der Waals surface area contributed by atoms with Crippen molar-refractivity contribution in [3.05, 3.63) is 84.1 Å². The molecule has 3 aromatic carbocycles. The molecule has 5 heteroatoms. The fourth-order valence-electron chi connectivity index (χ4n) is 3.57. The van der Waals surface area contributed by atoms with E-state index in [0.717, 1.165) is 39.3 Å². The van der Waals surface area contributed by atoms with Crippen molar-refractivity contribution in [1.82, 2.24) is 5.32 Å². The lowest BCUT2D eigenvalue weighted by molar-refractivity contribution is -0.154. The van der Waals surface area contributed by atoms with Gasteiger partial charge in [0.05, 0.1) is 12.7 Å². The van der Waals surface area contributed by atoms with E-state index in [1.807, 2.05) is 66.7 Å². The lowest BCUT2D eigenvalue weighted by atomic mass is 10.0. The van der Waals surface area contributed by atoms with Gasteiger partial charge in [-0.2, -0.15) is 0 Å². The molecule has 4 aromatic rings.